The summed E-state index contributed by atoms with van der Waals surface area (Å²) >= 11 is 0. The zero-order valence-corrected chi connectivity index (χ0v) is 13.2. The number of benzene rings is 1. The molecule has 1 radical (unpaired) electrons. The highest BCUT2D eigenvalue weighted by molar-refractivity contribution is 5.28. The molecule has 1 aromatic carbocycles. The monoisotopic (exact) mass is 301 g/mol. The van der Waals surface area contributed by atoms with Gasteiger partial charge in [-0.15, -0.1) is 0 Å². The molecule has 115 valence electrons. The molecule has 3 aromatic rings. The lowest BCUT2D eigenvalue weighted by atomic mass is 9.74. The predicted octanol–water partition coefficient (Wildman–Crippen LogP) is 4.42. The topological polar surface area (TPSA) is 25.8 Å². The molecule has 0 amide bonds. The average Bonchev–Trinajstić information content (AvgIpc) is 2.63. The van der Waals surface area contributed by atoms with Gasteiger partial charge in [0.05, 0.1) is 0 Å². The van der Waals surface area contributed by atoms with Gasteiger partial charge >= 0.3 is 0 Å². The number of aromatic nitrogens is 2. The van der Waals surface area contributed by atoms with Gasteiger partial charge in [0.1, 0.15) is 0 Å². The Morgan fingerprint density at radius 1 is 0.826 bits per heavy atom. The van der Waals surface area contributed by atoms with Gasteiger partial charge in [-0.25, -0.2) is 0 Å². The van der Waals surface area contributed by atoms with Crippen LogP contribution >= 0.6 is 0 Å². The van der Waals surface area contributed by atoms with Crippen LogP contribution in [-0.4, -0.2) is 9.97 Å². The van der Waals surface area contributed by atoms with Crippen LogP contribution in [0.5, 0.6) is 0 Å². The summed E-state index contributed by atoms with van der Waals surface area (Å²) in [7, 11) is 0. The van der Waals surface area contributed by atoms with Gasteiger partial charge in [0.2, 0.25) is 0 Å². The van der Waals surface area contributed by atoms with Crippen LogP contribution in [0.25, 0.3) is 0 Å². The van der Waals surface area contributed by atoms with Crippen molar-refractivity contribution in [2.24, 2.45) is 0 Å². The summed E-state index contributed by atoms with van der Waals surface area (Å²) < 4.78 is 0. The maximum atomic E-state index is 4.58. The van der Waals surface area contributed by atoms with Crippen LogP contribution in [0.4, 0.5) is 0 Å². The third-order valence-electron chi connectivity index (χ3n) is 4.27. The van der Waals surface area contributed by atoms with Crippen molar-refractivity contribution in [2.45, 2.75) is 24.7 Å². The van der Waals surface area contributed by atoms with Crippen molar-refractivity contribution >= 4 is 0 Å². The van der Waals surface area contributed by atoms with Crippen molar-refractivity contribution in [1.29, 1.82) is 0 Å². The molecule has 2 heteroatoms. The second-order valence-corrected chi connectivity index (χ2v) is 6.00. The molecule has 0 spiro atoms. The third kappa shape index (κ3) is 4.04. The van der Waals surface area contributed by atoms with E-state index in [0.717, 1.165) is 25.0 Å². The van der Waals surface area contributed by atoms with Crippen LogP contribution in [0.15, 0.2) is 79.3 Å². The Kier molecular flexibility index (Phi) is 4.82. The largest absolute Gasteiger partial charge is 0.265 e. The van der Waals surface area contributed by atoms with E-state index in [0.29, 0.717) is 0 Å². The summed E-state index contributed by atoms with van der Waals surface area (Å²) in [4.78, 5) is 8.63. The Morgan fingerprint density at radius 2 is 1.57 bits per heavy atom. The number of aryl methyl sites for hydroxylation is 1. The van der Waals surface area contributed by atoms with Crippen molar-refractivity contribution in [3.05, 3.63) is 103 Å². The Balaban J connectivity index is 1.84. The van der Waals surface area contributed by atoms with Crippen LogP contribution in [0.1, 0.15) is 23.2 Å². The van der Waals surface area contributed by atoms with E-state index in [9.17, 15) is 0 Å². The molecule has 2 aromatic heterocycles. The van der Waals surface area contributed by atoms with Gasteiger partial charge < -0.3 is 0 Å². The molecule has 1 atom stereocenters. The molecule has 0 aliphatic rings. The molecule has 1 unspecified atom stereocenters. The number of rotatable bonds is 6. The van der Waals surface area contributed by atoms with Crippen molar-refractivity contribution < 1.29 is 0 Å². The van der Waals surface area contributed by atoms with Gasteiger partial charge in [-0.2, -0.15) is 0 Å². The highest BCUT2D eigenvalue weighted by Gasteiger charge is 2.27. The maximum Gasteiger partial charge on any atom is 0.0412 e. The lowest BCUT2D eigenvalue weighted by Gasteiger charge is -2.30. The Labute approximate surface area is 138 Å². The van der Waals surface area contributed by atoms with Gasteiger partial charge in [0, 0.05) is 29.7 Å². The van der Waals surface area contributed by atoms with Crippen molar-refractivity contribution in [3.8, 4) is 0 Å². The van der Waals surface area contributed by atoms with E-state index in [4.69, 9.17) is 0 Å². The SMILES string of the molecule is [CH2]C(CCc1ccccc1)(Cc1ccccn1)c1ccncc1. The third-order valence-corrected chi connectivity index (χ3v) is 4.27. The highest BCUT2D eigenvalue weighted by atomic mass is 14.7. The average molecular weight is 301 g/mol. The molecular formula is C21H21N2. The molecule has 0 N–H and O–H groups in total. The van der Waals surface area contributed by atoms with Crippen molar-refractivity contribution in [2.75, 3.05) is 0 Å². The molecule has 0 saturated heterocycles. The smallest absolute Gasteiger partial charge is 0.0412 e. The fourth-order valence-electron chi connectivity index (χ4n) is 2.92. The summed E-state index contributed by atoms with van der Waals surface area (Å²) in [5.74, 6) is 0. The molecule has 2 nitrogen and oxygen atoms in total. The second kappa shape index (κ2) is 7.19. The molecule has 0 aliphatic heterocycles. The van der Waals surface area contributed by atoms with Gasteiger partial charge in [0.15, 0.2) is 0 Å². The lowest BCUT2D eigenvalue weighted by molar-refractivity contribution is 0.476. The standard InChI is InChI=1S/C21H21N2/c1-21(19-11-15-22-16-12-19,17-20-9-5-6-14-23-20)13-10-18-7-3-2-4-8-18/h2-9,11-12,14-16H,1,10,13,17H2. The molecule has 0 bridgehead atoms. The van der Waals surface area contributed by atoms with Crippen LogP contribution < -0.4 is 0 Å². The number of hydrogen-bond donors (Lipinski definition) is 0. The predicted molar refractivity (Wildman–Crippen MR) is 94.0 cm³/mol. The molecule has 0 fully saturated rings. The summed E-state index contributed by atoms with van der Waals surface area (Å²) in [5, 5.41) is 0. The van der Waals surface area contributed by atoms with Gasteiger partial charge in [-0.3, -0.25) is 9.97 Å². The fraction of sp³-hybridized carbons (Fsp3) is 0.190. The van der Waals surface area contributed by atoms with Gasteiger partial charge in [-0.1, -0.05) is 36.4 Å². The molecule has 0 saturated carbocycles. The zero-order chi connectivity index (χ0) is 16.0. The summed E-state index contributed by atoms with van der Waals surface area (Å²) in [6.07, 6.45) is 8.33. The van der Waals surface area contributed by atoms with Gasteiger partial charge in [0.25, 0.3) is 0 Å². The zero-order valence-electron chi connectivity index (χ0n) is 13.2. The number of hydrogen-bond acceptors (Lipinski definition) is 2. The highest BCUT2D eigenvalue weighted by Crippen LogP contribution is 2.32. The summed E-state index contributed by atoms with van der Waals surface area (Å²) in [5.41, 5.74) is 3.43. The second-order valence-electron chi connectivity index (χ2n) is 6.00. The minimum absolute atomic E-state index is 0.201. The molecule has 2 heterocycles. The van der Waals surface area contributed by atoms with E-state index in [1.807, 2.05) is 30.7 Å². The van der Waals surface area contributed by atoms with E-state index >= 15 is 0 Å². The summed E-state index contributed by atoms with van der Waals surface area (Å²) in [6, 6.07) is 20.8. The van der Waals surface area contributed by atoms with E-state index in [1.165, 1.54) is 11.1 Å². The van der Waals surface area contributed by atoms with E-state index in [1.54, 1.807) is 0 Å². The first kappa shape index (κ1) is 15.4. The first-order valence-corrected chi connectivity index (χ1v) is 7.96. The molecular weight excluding hydrogens is 280 g/mol. The first-order valence-electron chi connectivity index (χ1n) is 7.96. The Hall–Kier alpha value is -2.48. The van der Waals surface area contributed by atoms with Crippen LogP contribution in [0.2, 0.25) is 0 Å². The quantitative estimate of drug-likeness (QED) is 0.673. The van der Waals surface area contributed by atoms with Crippen molar-refractivity contribution in [1.82, 2.24) is 9.97 Å². The maximum absolute atomic E-state index is 4.58. The first-order chi connectivity index (χ1) is 11.3. The summed E-state index contributed by atoms with van der Waals surface area (Å²) in [6.45, 7) is 4.58. The van der Waals surface area contributed by atoms with Crippen molar-refractivity contribution in [3.63, 3.8) is 0 Å². The van der Waals surface area contributed by atoms with E-state index in [-0.39, 0.29) is 5.41 Å². The van der Waals surface area contributed by atoms with Crippen LogP contribution in [0.3, 0.4) is 0 Å². The van der Waals surface area contributed by atoms with E-state index < -0.39 is 0 Å². The lowest BCUT2D eigenvalue weighted by Crippen LogP contribution is -2.27. The number of nitrogens with zero attached hydrogens (tertiary/aromatic N) is 2. The normalized spacial score (nSPS) is 13.4. The van der Waals surface area contributed by atoms with Crippen LogP contribution in [-0.2, 0) is 18.3 Å². The fourth-order valence-corrected chi connectivity index (χ4v) is 2.92. The van der Waals surface area contributed by atoms with Crippen LogP contribution in [0, 0.1) is 6.92 Å². The molecule has 23 heavy (non-hydrogen) atoms. The molecule has 3 rings (SSSR count). The minimum atomic E-state index is -0.201. The Bertz CT molecular complexity index is 711. The number of pyridine rings is 2. The van der Waals surface area contributed by atoms with E-state index in [2.05, 4.69) is 65.4 Å². The molecule has 0 aliphatic carbocycles. The minimum Gasteiger partial charge on any atom is -0.265 e. The Morgan fingerprint density at radius 3 is 2.26 bits per heavy atom. The van der Waals surface area contributed by atoms with Gasteiger partial charge in [-0.05, 0) is 61.6 Å².